The van der Waals surface area contributed by atoms with Gasteiger partial charge in [0, 0.05) is 43.8 Å². The van der Waals surface area contributed by atoms with Gasteiger partial charge in [-0.25, -0.2) is 0 Å². The largest absolute Gasteiger partial charge is 0.455 e. The number of para-hydroxylation sites is 4. The number of benzene rings is 16. The second kappa shape index (κ2) is 20.2. The molecule has 0 N–H and O–H groups in total. The van der Waals surface area contributed by atoms with E-state index >= 15 is 0 Å². The van der Waals surface area contributed by atoms with E-state index in [1.165, 1.54) is 0 Å². The van der Waals surface area contributed by atoms with Gasteiger partial charge in [-0.05, 0) is 127 Å². The van der Waals surface area contributed by atoms with Gasteiger partial charge in [0.05, 0.1) is 71.3 Å². The molecule has 0 unspecified atom stereocenters. The lowest BCUT2D eigenvalue weighted by Crippen LogP contribution is -1.91. The van der Waals surface area contributed by atoms with Crippen LogP contribution in [0.5, 0.6) is 0 Å². The molecule has 0 aliphatic carbocycles. The molecule has 0 bridgehead atoms. The molecule has 18 rings (SSSR count). The molecule has 2 heterocycles. The maximum atomic E-state index is 9.52. The van der Waals surface area contributed by atoms with Gasteiger partial charge in [-0.3, -0.25) is 0 Å². The first kappa shape index (κ1) is 19.9. The van der Waals surface area contributed by atoms with E-state index in [4.69, 9.17) is 55.4 Å². The fourth-order valence-electron chi connectivity index (χ4n) is 10.3. The Morgan fingerprint density at radius 2 is 0.500 bits per heavy atom. The predicted molar refractivity (Wildman–Crippen MR) is 365 cm³/mol. The molecule has 0 saturated carbocycles. The molecule has 18 aromatic rings. The highest BCUT2D eigenvalue weighted by atomic mass is 16.3. The minimum absolute atomic E-state index is 0.412. The number of fused-ring (bicyclic) bond motifs is 12. The summed E-state index contributed by atoms with van der Waals surface area (Å²) in [6, 6.07) is -46.9. The van der Waals surface area contributed by atoms with E-state index in [-0.39, 0.29) is 0 Å². The fourth-order valence-corrected chi connectivity index (χ4v) is 10.3. The molecule has 400 valence electrons. The second-order valence-corrected chi connectivity index (χ2v) is 18.5. The van der Waals surface area contributed by atoms with Crippen molar-refractivity contribution >= 4 is 109 Å². The Hall–Kier alpha value is -11.3. The highest BCUT2D eigenvalue weighted by Crippen LogP contribution is 2.49. The standard InChI is InChI=1S/2C42H26O/c1-2-13-30-27(11-1)12-9-19-31(30)28-23-25-29(26-24-28)40-33-15-3-5-17-35(33)41(36-18-6-4-16-34(36)40)38-21-10-20-37-32-14-7-8-22-39(32)43-42(37)38;1-2-11-30-26-31(25-22-27(30)10-1)28-20-23-29(24-21-28)40-33-13-3-5-15-35(33)41(36-16-6-4-14-34(36)40)38-18-9-17-37-32-12-7-8-19-39(32)43-42(37)38/h2*1-26H/i2*1D,2D,3D,4D,5D,6D,7D,8D,9D,10D,11D,12D,13D,14D,15D,16D,17D,18D,19D,20D,21D,22D,23D,24D,25D,26D. The molecule has 2 aromatic heterocycles. The first-order chi connectivity index (χ1) is 64.3. The van der Waals surface area contributed by atoms with Crippen molar-refractivity contribution in [2.75, 3.05) is 0 Å². The van der Waals surface area contributed by atoms with Crippen LogP contribution >= 0.6 is 0 Å². The van der Waals surface area contributed by atoms with Gasteiger partial charge < -0.3 is 8.83 Å². The van der Waals surface area contributed by atoms with Crippen LogP contribution in [0.4, 0.5) is 0 Å². The molecular weight excluding hydrogens is 1040 g/mol. The van der Waals surface area contributed by atoms with Crippen LogP contribution in [0.1, 0.15) is 71.3 Å². The third kappa shape index (κ3) is 8.03. The van der Waals surface area contributed by atoms with Crippen LogP contribution in [0.2, 0.25) is 0 Å². The smallest absolute Gasteiger partial charge is 0.143 e. The molecule has 0 aliphatic rings. The molecule has 86 heavy (non-hydrogen) atoms. The summed E-state index contributed by atoms with van der Waals surface area (Å²) in [6.45, 7) is 0. The molecule has 0 fully saturated rings. The SMILES string of the molecule is [2H]c1c([2H])c(-c2c3c([2H])c([2H])c([2H])c([2H])c3c(-c3c([2H])c([2H])c([2H])c4c3oc3c([2H])c([2H])c([2H])c([2H])c34)c3c([2H])c([2H])c([2H])c([2H])c23)c([2H])c([2H])c1-c1c([2H])c([2H])c([2H])c2c([2H])c([2H])c([2H])c([2H])c12.[2H]c1c([2H])c(-c2c3c([2H])c([2H])c([2H])c([2H])c3c(-c3c([2H])c([2H])c([2H])c4c3oc3c([2H])c([2H])c([2H])c([2H])c34)c3c([2H])c([2H])c([2H])c([2H])c23)c([2H])c([2H])c1-c1c([2H])c([2H])c2c([2H])c([2H])c([2H])c([2H])c2c1[2H]. The highest BCUT2D eigenvalue weighted by Gasteiger charge is 2.23. The molecule has 0 saturated heterocycles. The van der Waals surface area contributed by atoms with Crippen LogP contribution in [-0.2, 0) is 0 Å². The summed E-state index contributed by atoms with van der Waals surface area (Å²) in [5.74, 6) is 0. The molecule has 0 spiro atoms. The Bertz CT molecular complexity index is 8710. The fraction of sp³-hybridized carbons (Fsp3) is 0. The Morgan fingerprint density at radius 3 is 0.977 bits per heavy atom. The molecule has 16 aromatic carbocycles. The minimum atomic E-state index is -1.08. The number of hydrogen-bond acceptors (Lipinski definition) is 2. The Morgan fingerprint density at radius 1 is 0.186 bits per heavy atom. The Balaban J connectivity index is 0.000000191. The molecule has 0 atom stereocenters. The maximum absolute atomic E-state index is 9.52. The zero-order chi connectivity index (χ0) is 102. The average molecular weight is 1150 g/mol. The van der Waals surface area contributed by atoms with E-state index in [9.17, 15) is 24.7 Å². The minimum Gasteiger partial charge on any atom is -0.455 e. The summed E-state index contributed by atoms with van der Waals surface area (Å²) in [6.07, 6.45) is 0. The molecule has 0 amide bonds. The van der Waals surface area contributed by atoms with Crippen molar-refractivity contribution in [3.8, 4) is 66.8 Å². The van der Waals surface area contributed by atoms with Crippen LogP contribution in [0.15, 0.2) is 323 Å². The Kier molecular flexibility index (Phi) is 4.69. The van der Waals surface area contributed by atoms with Crippen LogP contribution in [0, 0.1) is 0 Å². The van der Waals surface area contributed by atoms with E-state index in [1.54, 1.807) is 0 Å². The Labute approximate surface area is 569 Å². The van der Waals surface area contributed by atoms with Crippen molar-refractivity contribution in [2.24, 2.45) is 0 Å². The van der Waals surface area contributed by atoms with Crippen molar-refractivity contribution in [3.63, 3.8) is 0 Å². The lowest BCUT2D eigenvalue weighted by Gasteiger charge is -2.18. The number of rotatable bonds is 6. The van der Waals surface area contributed by atoms with Crippen molar-refractivity contribution in [1.29, 1.82) is 0 Å². The summed E-state index contributed by atoms with van der Waals surface area (Å²) in [5, 5.41) is -9.64. The molecule has 2 heteroatoms. The molecule has 2 nitrogen and oxygen atoms in total. The summed E-state index contributed by atoms with van der Waals surface area (Å²) >= 11 is 0. The van der Waals surface area contributed by atoms with Crippen LogP contribution in [0.25, 0.3) is 175 Å². The third-order valence-corrected chi connectivity index (χ3v) is 13.9. The molecular formula is C84H52O2. The van der Waals surface area contributed by atoms with Gasteiger partial charge in [-0.15, -0.1) is 0 Å². The van der Waals surface area contributed by atoms with Crippen LogP contribution < -0.4 is 0 Å². The molecule has 0 aliphatic heterocycles. The van der Waals surface area contributed by atoms with E-state index < -0.39 is 489 Å². The van der Waals surface area contributed by atoms with Gasteiger partial charge in [0.15, 0.2) is 0 Å². The van der Waals surface area contributed by atoms with Crippen molar-refractivity contribution < 1.29 is 80.1 Å². The summed E-state index contributed by atoms with van der Waals surface area (Å²) in [7, 11) is 0. The van der Waals surface area contributed by atoms with Crippen molar-refractivity contribution in [3.05, 3.63) is 314 Å². The number of hydrogen-bond donors (Lipinski definition) is 0. The lowest BCUT2D eigenvalue weighted by atomic mass is 9.85. The van der Waals surface area contributed by atoms with Crippen LogP contribution in [-0.4, -0.2) is 0 Å². The van der Waals surface area contributed by atoms with E-state index in [0.717, 1.165) is 0 Å². The normalized spacial score (nSPS) is 20.2. The van der Waals surface area contributed by atoms with Gasteiger partial charge in [-0.2, -0.15) is 0 Å². The van der Waals surface area contributed by atoms with E-state index in [0.29, 0.717) is 0 Å². The monoisotopic (exact) mass is 1140 g/mol. The summed E-state index contributed by atoms with van der Waals surface area (Å²) in [4.78, 5) is 0. The van der Waals surface area contributed by atoms with Crippen molar-refractivity contribution in [2.45, 2.75) is 0 Å². The highest BCUT2D eigenvalue weighted by molar-refractivity contribution is 6.26. The summed E-state index contributed by atoms with van der Waals surface area (Å²) < 4.78 is 475. The zero-order valence-electron chi connectivity index (χ0n) is 94.8. The summed E-state index contributed by atoms with van der Waals surface area (Å²) in [5.41, 5.74) is -11.1. The number of furan rings is 2. The maximum Gasteiger partial charge on any atom is 0.143 e. The first-order valence-corrected chi connectivity index (χ1v) is 25.3. The van der Waals surface area contributed by atoms with Gasteiger partial charge >= 0.3 is 0 Å². The topological polar surface area (TPSA) is 26.3 Å². The van der Waals surface area contributed by atoms with Gasteiger partial charge in [0.25, 0.3) is 0 Å². The average Bonchev–Trinajstić information content (AvgIpc) is 1.04. The quantitative estimate of drug-likeness (QED) is 0.155. The van der Waals surface area contributed by atoms with Gasteiger partial charge in [-0.1, -0.05) is 296 Å². The lowest BCUT2D eigenvalue weighted by molar-refractivity contribution is 0.669. The van der Waals surface area contributed by atoms with Gasteiger partial charge in [0.1, 0.15) is 22.3 Å². The van der Waals surface area contributed by atoms with Crippen LogP contribution in [0.3, 0.4) is 0 Å². The van der Waals surface area contributed by atoms with Gasteiger partial charge in [0.2, 0.25) is 0 Å². The van der Waals surface area contributed by atoms with E-state index in [1.807, 2.05) is 0 Å². The zero-order valence-corrected chi connectivity index (χ0v) is 42.8. The third-order valence-electron chi connectivity index (χ3n) is 13.9. The first-order valence-electron chi connectivity index (χ1n) is 51.3. The predicted octanol–water partition coefficient (Wildman–Crippen LogP) is 24.1. The van der Waals surface area contributed by atoms with E-state index in [2.05, 4.69) is 0 Å². The molecule has 0 radical (unpaired) electrons. The van der Waals surface area contributed by atoms with Crippen molar-refractivity contribution in [1.82, 2.24) is 0 Å². The second-order valence-electron chi connectivity index (χ2n) is 18.5.